The summed E-state index contributed by atoms with van der Waals surface area (Å²) in [6.45, 7) is 3.09. The van der Waals surface area contributed by atoms with E-state index in [9.17, 15) is 17.6 Å². The lowest BCUT2D eigenvalue weighted by atomic mass is 9.96. The lowest BCUT2D eigenvalue weighted by Crippen LogP contribution is -2.47. The highest BCUT2D eigenvalue weighted by molar-refractivity contribution is 7.88. The van der Waals surface area contributed by atoms with Crippen LogP contribution in [0.2, 0.25) is 0 Å². The van der Waals surface area contributed by atoms with Crippen molar-refractivity contribution in [3.05, 3.63) is 35.6 Å². The fourth-order valence-electron chi connectivity index (χ4n) is 3.05. The van der Waals surface area contributed by atoms with E-state index >= 15 is 0 Å². The van der Waals surface area contributed by atoms with Crippen LogP contribution in [0.4, 0.5) is 4.39 Å². The zero-order valence-corrected chi connectivity index (χ0v) is 15.2. The summed E-state index contributed by atoms with van der Waals surface area (Å²) < 4.78 is 37.5. The minimum Gasteiger partial charge on any atom is -0.343 e. The first-order valence-corrected chi connectivity index (χ1v) is 9.99. The topological polar surface area (TPSA) is 57.7 Å². The maximum absolute atomic E-state index is 13.0. The number of carbonyl (C=O) groups excluding carboxylic acids is 1. The largest absolute Gasteiger partial charge is 0.343 e. The van der Waals surface area contributed by atoms with Crippen LogP contribution in [0.15, 0.2) is 24.3 Å². The summed E-state index contributed by atoms with van der Waals surface area (Å²) in [5.41, 5.74) is 0.941. The highest BCUT2D eigenvalue weighted by Crippen LogP contribution is 2.23. The van der Waals surface area contributed by atoms with Crippen molar-refractivity contribution < 1.29 is 17.6 Å². The summed E-state index contributed by atoms with van der Waals surface area (Å²) >= 11 is 0. The summed E-state index contributed by atoms with van der Waals surface area (Å²) in [5.74, 6) is -0.198. The highest BCUT2D eigenvalue weighted by atomic mass is 32.2. The second-order valence-electron chi connectivity index (χ2n) is 6.55. The molecule has 1 atom stereocenters. The van der Waals surface area contributed by atoms with Gasteiger partial charge in [-0.15, -0.1) is 0 Å². The number of halogens is 1. The molecule has 0 radical (unpaired) electrons. The van der Waals surface area contributed by atoms with E-state index in [4.69, 9.17) is 0 Å². The minimum absolute atomic E-state index is 0.0227. The van der Waals surface area contributed by atoms with Crippen LogP contribution in [0, 0.1) is 5.82 Å². The summed E-state index contributed by atoms with van der Waals surface area (Å²) in [7, 11) is -1.61. The van der Waals surface area contributed by atoms with Crippen molar-refractivity contribution in [1.29, 1.82) is 0 Å². The monoisotopic (exact) mass is 356 g/mol. The molecule has 0 unspecified atom stereocenters. The van der Waals surface area contributed by atoms with Gasteiger partial charge in [0.1, 0.15) is 5.82 Å². The van der Waals surface area contributed by atoms with Gasteiger partial charge < -0.3 is 4.90 Å². The van der Waals surface area contributed by atoms with Crippen LogP contribution in [-0.2, 0) is 14.8 Å². The molecule has 1 aromatic rings. The molecule has 24 heavy (non-hydrogen) atoms. The van der Waals surface area contributed by atoms with E-state index in [0.717, 1.165) is 5.56 Å². The average molecular weight is 356 g/mol. The molecule has 0 bridgehead atoms. The first-order valence-electron chi connectivity index (χ1n) is 8.14. The summed E-state index contributed by atoms with van der Waals surface area (Å²) in [6, 6.07) is 6.19. The number of amides is 1. The quantitative estimate of drug-likeness (QED) is 0.813. The van der Waals surface area contributed by atoms with E-state index in [1.807, 2.05) is 6.92 Å². The first kappa shape index (κ1) is 18.9. The third kappa shape index (κ3) is 4.77. The Labute approximate surface area is 143 Å². The molecule has 0 saturated carbocycles. The van der Waals surface area contributed by atoms with Crippen LogP contribution in [0.3, 0.4) is 0 Å². The van der Waals surface area contributed by atoms with Crippen molar-refractivity contribution in [3.8, 4) is 0 Å². The Morgan fingerprint density at radius 3 is 2.33 bits per heavy atom. The Hall–Kier alpha value is -1.47. The number of sulfonamides is 1. The predicted molar refractivity (Wildman–Crippen MR) is 91.6 cm³/mol. The molecule has 1 aliphatic rings. The highest BCUT2D eigenvalue weighted by Gasteiger charge is 2.29. The van der Waals surface area contributed by atoms with Crippen molar-refractivity contribution >= 4 is 15.9 Å². The van der Waals surface area contributed by atoms with Gasteiger partial charge in [0, 0.05) is 32.6 Å². The zero-order chi connectivity index (χ0) is 17.9. The fourth-order valence-corrected chi connectivity index (χ4v) is 3.80. The molecule has 134 valence electrons. The van der Waals surface area contributed by atoms with Gasteiger partial charge in [-0.3, -0.25) is 4.79 Å². The number of hydrogen-bond donors (Lipinski definition) is 0. The zero-order valence-electron chi connectivity index (χ0n) is 14.4. The second-order valence-corrected chi connectivity index (χ2v) is 8.59. The molecule has 1 aliphatic heterocycles. The Bertz CT molecular complexity index is 668. The van der Waals surface area contributed by atoms with Crippen LogP contribution in [0.25, 0.3) is 0 Å². The van der Waals surface area contributed by atoms with Gasteiger partial charge in [0.2, 0.25) is 15.9 Å². The third-order valence-corrected chi connectivity index (χ3v) is 6.12. The number of likely N-dealkylation sites (tertiary alicyclic amines) is 1. The van der Waals surface area contributed by atoms with Crippen molar-refractivity contribution in [2.75, 3.05) is 26.4 Å². The van der Waals surface area contributed by atoms with E-state index < -0.39 is 10.0 Å². The Morgan fingerprint density at radius 2 is 1.83 bits per heavy atom. The Morgan fingerprint density at radius 1 is 1.29 bits per heavy atom. The van der Waals surface area contributed by atoms with Gasteiger partial charge >= 0.3 is 0 Å². The SMILES string of the molecule is C[C@@H](CC(=O)N1CCC(N(C)S(C)(=O)=O)CC1)c1ccc(F)cc1. The summed E-state index contributed by atoms with van der Waals surface area (Å²) in [4.78, 5) is 14.2. The van der Waals surface area contributed by atoms with Crippen LogP contribution in [-0.4, -0.2) is 56.0 Å². The van der Waals surface area contributed by atoms with E-state index in [1.54, 1.807) is 24.1 Å². The minimum atomic E-state index is -3.20. The van der Waals surface area contributed by atoms with E-state index in [0.29, 0.717) is 32.4 Å². The number of piperidine rings is 1. The molecule has 1 aromatic carbocycles. The molecule has 2 rings (SSSR count). The average Bonchev–Trinajstić information content (AvgIpc) is 2.54. The van der Waals surface area contributed by atoms with Gasteiger partial charge in [0.05, 0.1) is 6.26 Å². The standard InChI is InChI=1S/C17H25FN2O3S/c1-13(14-4-6-15(18)7-5-14)12-17(21)20-10-8-16(9-11-20)19(2)24(3,22)23/h4-7,13,16H,8-12H2,1-3H3/t13-/m0/s1. The molecule has 0 aromatic heterocycles. The molecule has 1 saturated heterocycles. The van der Waals surface area contributed by atoms with Crippen molar-refractivity contribution in [3.63, 3.8) is 0 Å². The van der Waals surface area contributed by atoms with Gasteiger partial charge in [-0.1, -0.05) is 19.1 Å². The molecular weight excluding hydrogens is 331 g/mol. The van der Waals surface area contributed by atoms with Gasteiger partial charge in [-0.05, 0) is 36.5 Å². The van der Waals surface area contributed by atoms with Gasteiger partial charge in [-0.2, -0.15) is 0 Å². The van der Waals surface area contributed by atoms with Gasteiger partial charge in [0.15, 0.2) is 0 Å². The van der Waals surface area contributed by atoms with Crippen LogP contribution in [0.5, 0.6) is 0 Å². The number of hydrogen-bond acceptors (Lipinski definition) is 3. The Kier molecular flexibility index (Phi) is 5.98. The van der Waals surface area contributed by atoms with E-state index in [2.05, 4.69) is 0 Å². The molecule has 7 heteroatoms. The van der Waals surface area contributed by atoms with Crippen LogP contribution < -0.4 is 0 Å². The number of nitrogens with zero attached hydrogens (tertiary/aromatic N) is 2. The van der Waals surface area contributed by atoms with Crippen molar-refractivity contribution in [1.82, 2.24) is 9.21 Å². The van der Waals surface area contributed by atoms with Crippen LogP contribution in [0.1, 0.15) is 37.7 Å². The molecule has 0 spiro atoms. The lowest BCUT2D eigenvalue weighted by molar-refractivity contribution is -0.132. The second kappa shape index (κ2) is 7.61. The molecular formula is C17H25FN2O3S. The number of benzene rings is 1. The van der Waals surface area contributed by atoms with Gasteiger partial charge in [0.25, 0.3) is 0 Å². The first-order chi connectivity index (χ1) is 11.2. The van der Waals surface area contributed by atoms with E-state index in [-0.39, 0.29) is 23.7 Å². The maximum atomic E-state index is 13.0. The van der Waals surface area contributed by atoms with Crippen molar-refractivity contribution in [2.45, 2.75) is 38.1 Å². The summed E-state index contributed by atoms with van der Waals surface area (Å²) in [5, 5.41) is 0. The molecule has 5 nitrogen and oxygen atoms in total. The number of carbonyl (C=O) groups is 1. The predicted octanol–water partition coefficient (Wildman–Crippen LogP) is 2.20. The normalized spacial score (nSPS) is 18.0. The van der Waals surface area contributed by atoms with Crippen LogP contribution >= 0.6 is 0 Å². The Balaban J connectivity index is 1.87. The maximum Gasteiger partial charge on any atom is 0.223 e. The third-order valence-electron chi connectivity index (χ3n) is 4.77. The van der Waals surface area contributed by atoms with E-state index in [1.165, 1.54) is 22.7 Å². The fraction of sp³-hybridized carbons (Fsp3) is 0.588. The molecule has 1 fully saturated rings. The molecule has 0 N–H and O–H groups in total. The smallest absolute Gasteiger partial charge is 0.223 e. The van der Waals surface area contributed by atoms with Crippen molar-refractivity contribution in [2.24, 2.45) is 0 Å². The lowest BCUT2D eigenvalue weighted by Gasteiger charge is -2.36. The van der Waals surface area contributed by atoms with Gasteiger partial charge in [-0.25, -0.2) is 17.1 Å². The molecule has 0 aliphatic carbocycles. The molecule has 1 heterocycles. The number of rotatable bonds is 5. The molecule has 1 amide bonds. The summed E-state index contributed by atoms with van der Waals surface area (Å²) in [6.07, 6.45) is 2.88.